The van der Waals surface area contributed by atoms with Crippen molar-refractivity contribution in [3.8, 4) is 0 Å². The number of rotatable bonds is 8. The van der Waals surface area contributed by atoms with Gasteiger partial charge in [0.2, 0.25) is 11.8 Å². The van der Waals surface area contributed by atoms with E-state index in [9.17, 15) is 9.59 Å². The Morgan fingerprint density at radius 3 is 1.52 bits per heavy atom. The van der Waals surface area contributed by atoms with E-state index in [0.717, 1.165) is 48.9 Å². The fourth-order valence-corrected chi connectivity index (χ4v) is 3.93. The van der Waals surface area contributed by atoms with Crippen LogP contribution in [0, 0.1) is 0 Å². The van der Waals surface area contributed by atoms with Gasteiger partial charge in [0.25, 0.3) is 0 Å². The molecular weight excluding hydrogens is 424 g/mol. The maximum atomic E-state index is 12.4. The maximum Gasteiger partial charge on any atom is 0.250 e. The average molecular weight is 455 g/mol. The molecule has 2 aromatic rings. The first-order valence-corrected chi connectivity index (χ1v) is 11.2. The van der Waals surface area contributed by atoms with Crippen molar-refractivity contribution in [1.82, 2.24) is 0 Å². The summed E-state index contributed by atoms with van der Waals surface area (Å²) in [6, 6.07) is 15.3. The third-order valence-electron chi connectivity index (χ3n) is 5.53. The molecule has 0 aliphatic carbocycles. The van der Waals surface area contributed by atoms with Gasteiger partial charge in [-0.1, -0.05) is 24.3 Å². The number of nitrogens with one attached hydrogen (secondary N) is 2. The molecule has 2 amide bonds. The Morgan fingerprint density at radius 2 is 1.09 bits per heavy atom. The first-order chi connectivity index (χ1) is 16.2. The highest BCUT2D eigenvalue weighted by Crippen LogP contribution is 2.27. The van der Waals surface area contributed by atoms with Gasteiger partial charge in [-0.3, -0.25) is 9.59 Å². The van der Waals surface area contributed by atoms with E-state index in [1.54, 1.807) is 0 Å². The van der Waals surface area contributed by atoms with E-state index in [4.69, 9.17) is 14.2 Å². The molecule has 2 aliphatic rings. The molecule has 0 spiro atoms. The van der Waals surface area contributed by atoms with E-state index in [-0.39, 0.29) is 25.0 Å². The van der Waals surface area contributed by atoms with E-state index in [1.165, 1.54) is 0 Å². The molecule has 0 aromatic heterocycles. The number of carbonyl (C=O) groups excluding carboxylic acids is 2. The van der Waals surface area contributed by atoms with E-state index in [2.05, 4.69) is 20.4 Å². The second-order valence-corrected chi connectivity index (χ2v) is 7.82. The van der Waals surface area contributed by atoms with Crippen LogP contribution in [0.2, 0.25) is 0 Å². The number of para-hydroxylation sites is 4. The number of ether oxygens (including phenoxy) is 3. The lowest BCUT2D eigenvalue weighted by Gasteiger charge is -2.30. The second kappa shape index (κ2) is 11.6. The monoisotopic (exact) mass is 454 g/mol. The number of benzene rings is 2. The van der Waals surface area contributed by atoms with Gasteiger partial charge in [0.1, 0.15) is 13.2 Å². The van der Waals surface area contributed by atoms with Crippen LogP contribution < -0.4 is 20.4 Å². The normalized spacial score (nSPS) is 16.4. The van der Waals surface area contributed by atoms with Gasteiger partial charge in [0.15, 0.2) is 0 Å². The fraction of sp³-hybridized carbons (Fsp3) is 0.417. The van der Waals surface area contributed by atoms with Crippen molar-refractivity contribution in [1.29, 1.82) is 0 Å². The van der Waals surface area contributed by atoms with Crippen molar-refractivity contribution in [3.05, 3.63) is 48.5 Å². The highest BCUT2D eigenvalue weighted by molar-refractivity contribution is 5.97. The van der Waals surface area contributed by atoms with Crippen LogP contribution in [0.25, 0.3) is 0 Å². The Balaban J connectivity index is 1.26. The zero-order valence-corrected chi connectivity index (χ0v) is 18.6. The smallest absolute Gasteiger partial charge is 0.250 e. The molecule has 9 nitrogen and oxygen atoms in total. The summed E-state index contributed by atoms with van der Waals surface area (Å²) >= 11 is 0. The molecule has 9 heteroatoms. The quantitative estimate of drug-likeness (QED) is 0.630. The average Bonchev–Trinajstić information content (AvgIpc) is 2.86. The minimum Gasteiger partial charge on any atom is -0.378 e. The number of hydrogen-bond acceptors (Lipinski definition) is 7. The minimum absolute atomic E-state index is 0.212. The summed E-state index contributed by atoms with van der Waals surface area (Å²) in [5.74, 6) is -0.616. The third-order valence-corrected chi connectivity index (χ3v) is 5.53. The summed E-state index contributed by atoms with van der Waals surface area (Å²) in [6.45, 7) is 5.32. The van der Waals surface area contributed by atoms with E-state index < -0.39 is 0 Å². The summed E-state index contributed by atoms with van der Waals surface area (Å²) < 4.78 is 16.2. The second-order valence-electron chi connectivity index (χ2n) is 7.82. The minimum atomic E-state index is -0.308. The molecule has 0 radical (unpaired) electrons. The molecule has 2 aromatic carbocycles. The number of morpholine rings is 2. The van der Waals surface area contributed by atoms with Gasteiger partial charge >= 0.3 is 0 Å². The summed E-state index contributed by atoms with van der Waals surface area (Å²) in [5.41, 5.74) is 3.34. The first-order valence-electron chi connectivity index (χ1n) is 11.2. The van der Waals surface area contributed by atoms with Gasteiger partial charge in [-0.15, -0.1) is 0 Å². The molecule has 2 N–H and O–H groups in total. The SMILES string of the molecule is O=C(COCC(=O)Nc1ccccc1N1CCOCC1)Nc1ccccc1N1CCOCC1. The van der Waals surface area contributed by atoms with Crippen LogP contribution in [-0.2, 0) is 23.8 Å². The molecule has 2 aliphatic heterocycles. The van der Waals surface area contributed by atoms with Crippen molar-refractivity contribution < 1.29 is 23.8 Å². The lowest BCUT2D eigenvalue weighted by molar-refractivity contribution is -0.125. The van der Waals surface area contributed by atoms with Crippen molar-refractivity contribution in [2.75, 3.05) is 86.3 Å². The van der Waals surface area contributed by atoms with E-state index in [1.807, 2.05) is 48.5 Å². The predicted molar refractivity (Wildman–Crippen MR) is 127 cm³/mol. The van der Waals surface area contributed by atoms with Gasteiger partial charge in [0, 0.05) is 26.2 Å². The van der Waals surface area contributed by atoms with Crippen LogP contribution in [0.1, 0.15) is 0 Å². The van der Waals surface area contributed by atoms with Gasteiger partial charge in [-0.25, -0.2) is 0 Å². The highest BCUT2D eigenvalue weighted by Gasteiger charge is 2.17. The maximum absolute atomic E-state index is 12.4. The van der Waals surface area contributed by atoms with Crippen LogP contribution in [0.5, 0.6) is 0 Å². The summed E-state index contributed by atoms with van der Waals surface area (Å²) in [4.78, 5) is 29.2. The van der Waals surface area contributed by atoms with Gasteiger partial charge in [0.05, 0.1) is 49.2 Å². The standard InChI is InChI=1S/C24H30N4O5/c29-23(25-19-5-1-3-7-21(19)27-9-13-31-14-10-27)17-33-18-24(30)26-20-6-2-4-8-22(20)28-11-15-32-16-12-28/h1-8H,9-18H2,(H,25,29)(H,26,30). The third kappa shape index (κ3) is 6.44. The van der Waals surface area contributed by atoms with Crippen LogP contribution in [0.15, 0.2) is 48.5 Å². The Kier molecular flexibility index (Phi) is 8.13. The zero-order valence-electron chi connectivity index (χ0n) is 18.6. The van der Waals surface area contributed by atoms with Crippen molar-refractivity contribution in [2.24, 2.45) is 0 Å². The number of hydrogen-bond donors (Lipinski definition) is 2. The highest BCUT2D eigenvalue weighted by atomic mass is 16.5. The molecule has 0 unspecified atom stereocenters. The largest absolute Gasteiger partial charge is 0.378 e. The summed E-state index contributed by atoms with van der Waals surface area (Å²) in [5, 5.41) is 5.77. The predicted octanol–water partition coefficient (Wildman–Crippen LogP) is 1.95. The lowest BCUT2D eigenvalue weighted by atomic mass is 10.2. The molecule has 33 heavy (non-hydrogen) atoms. The van der Waals surface area contributed by atoms with Crippen LogP contribution in [-0.4, -0.2) is 77.6 Å². The number of nitrogens with zero attached hydrogens (tertiary/aromatic N) is 2. The fourth-order valence-electron chi connectivity index (χ4n) is 3.93. The molecule has 2 saturated heterocycles. The van der Waals surface area contributed by atoms with Gasteiger partial charge in [-0.2, -0.15) is 0 Å². The summed E-state index contributed by atoms with van der Waals surface area (Å²) in [6.07, 6.45) is 0. The molecular formula is C24H30N4O5. The molecule has 176 valence electrons. The lowest BCUT2D eigenvalue weighted by Crippen LogP contribution is -2.37. The van der Waals surface area contributed by atoms with E-state index in [0.29, 0.717) is 26.4 Å². The van der Waals surface area contributed by atoms with E-state index >= 15 is 0 Å². The van der Waals surface area contributed by atoms with Gasteiger partial charge < -0.3 is 34.6 Å². The molecule has 2 fully saturated rings. The Morgan fingerprint density at radius 1 is 0.697 bits per heavy atom. The molecule has 2 heterocycles. The molecule has 0 atom stereocenters. The van der Waals surface area contributed by atoms with Crippen molar-refractivity contribution in [2.45, 2.75) is 0 Å². The van der Waals surface area contributed by atoms with Crippen LogP contribution in [0.4, 0.5) is 22.7 Å². The zero-order chi connectivity index (χ0) is 22.9. The molecule has 4 rings (SSSR count). The summed E-state index contributed by atoms with van der Waals surface area (Å²) in [7, 11) is 0. The Hall–Kier alpha value is -3.14. The van der Waals surface area contributed by atoms with Crippen LogP contribution in [0.3, 0.4) is 0 Å². The first kappa shape index (κ1) is 23.0. The number of anilines is 4. The number of amides is 2. The topological polar surface area (TPSA) is 92.4 Å². The van der Waals surface area contributed by atoms with Crippen molar-refractivity contribution >= 4 is 34.6 Å². The molecule has 0 saturated carbocycles. The van der Waals surface area contributed by atoms with Gasteiger partial charge in [-0.05, 0) is 24.3 Å². The Labute approximate surface area is 193 Å². The molecule has 0 bridgehead atoms. The Bertz CT molecular complexity index is 866. The number of carbonyl (C=O) groups is 2. The van der Waals surface area contributed by atoms with Crippen molar-refractivity contribution in [3.63, 3.8) is 0 Å². The van der Waals surface area contributed by atoms with Crippen LogP contribution >= 0.6 is 0 Å².